The van der Waals surface area contributed by atoms with Crippen molar-refractivity contribution in [1.29, 1.82) is 0 Å². The van der Waals surface area contributed by atoms with Crippen molar-refractivity contribution in [3.05, 3.63) is 72.1 Å². The first-order chi connectivity index (χ1) is 14.2. The van der Waals surface area contributed by atoms with Crippen molar-refractivity contribution in [1.82, 2.24) is 15.2 Å². The van der Waals surface area contributed by atoms with Crippen molar-refractivity contribution >= 4 is 11.5 Å². The van der Waals surface area contributed by atoms with E-state index in [-0.39, 0.29) is 5.56 Å². The summed E-state index contributed by atoms with van der Waals surface area (Å²) in [5.74, 6) is 0.681. The highest BCUT2D eigenvalue weighted by Crippen LogP contribution is 2.40. The highest BCUT2D eigenvalue weighted by Gasteiger charge is 2.24. The second kappa shape index (κ2) is 7.25. The molecule has 1 fully saturated rings. The molecule has 2 aliphatic heterocycles. The summed E-state index contributed by atoms with van der Waals surface area (Å²) in [6.07, 6.45) is 0.889. The Morgan fingerprint density at radius 2 is 1.76 bits per heavy atom. The van der Waals surface area contributed by atoms with Crippen molar-refractivity contribution in [3.63, 3.8) is 0 Å². The Balaban J connectivity index is 1.66. The number of nitrogens with one attached hydrogen (secondary N) is 1. The normalized spacial score (nSPS) is 15.7. The van der Waals surface area contributed by atoms with Crippen LogP contribution < -0.4 is 10.1 Å². The van der Waals surface area contributed by atoms with Crippen LogP contribution >= 0.6 is 0 Å². The summed E-state index contributed by atoms with van der Waals surface area (Å²) in [5.41, 5.74) is 2.21. The lowest BCUT2D eigenvalue weighted by Gasteiger charge is -2.30. The Hall–Kier alpha value is -3.32. The Kier molecular flexibility index (Phi) is 4.44. The monoisotopic (exact) mass is 392 g/mol. The van der Waals surface area contributed by atoms with Crippen LogP contribution in [0.3, 0.4) is 0 Å². The summed E-state index contributed by atoms with van der Waals surface area (Å²) >= 11 is 0. The number of amidine groups is 1. The molecule has 0 bridgehead atoms. The summed E-state index contributed by atoms with van der Waals surface area (Å²) in [6.45, 7) is 3.39. The van der Waals surface area contributed by atoms with E-state index >= 15 is 0 Å². The van der Waals surface area contributed by atoms with Crippen LogP contribution in [0.2, 0.25) is 0 Å². The first-order valence-corrected chi connectivity index (χ1v) is 9.46. The van der Waals surface area contributed by atoms with Crippen molar-refractivity contribution < 1.29 is 13.5 Å². The predicted molar refractivity (Wildman–Crippen MR) is 107 cm³/mol. The van der Waals surface area contributed by atoms with Crippen LogP contribution in [0.15, 0.2) is 59.7 Å². The molecule has 5 rings (SSSR count). The topological polar surface area (TPSA) is 49.8 Å². The Morgan fingerprint density at radius 1 is 0.931 bits per heavy atom. The first kappa shape index (κ1) is 17.8. The largest absolute Gasteiger partial charge is 0.454 e. The second-order valence-electron chi connectivity index (χ2n) is 6.94. The molecule has 1 aromatic heterocycles. The van der Waals surface area contributed by atoms with E-state index in [9.17, 15) is 8.78 Å². The van der Waals surface area contributed by atoms with Gasteiger partial charge >= 0.3 is 0 Å². The number of piperazine rings is 1. The average molecular weight is 392 g/mol. The molecule has 0 atom stereocenters. The lowest BCUT2D eigenvalue weighted by Crippen LogP contribution is -2.46. The zero-order chi connectivity index (χ0) is 19.8. The van der Waals surface area contributed by atoms with E-state index in [1.54, 1.807) is 12.1 Å². The molecule has 0 unspecified atom stereocenters. The van der Waals surface area contributed by atoms with Crippen LogP contribution in [0.1, 0.15) is 5.56 Å². The third kappa shape index (κ3) is 3.34. The molecule has 0 saturated carbocycles. The van der Waals surface area contributed by atoms with E-state index in [0.29, 0.717) is 17.1 Å². The Labute approximate surface area is 166 Å². The zero-order valence-electron chi connectivity index (χ0n) is 15.5. The van der Waals surface area contributed by atoms with Gasteiger partial charge in [0.25, 0.3) is 0 Å². The fourth-order valence-corrected chi connectivity index (χ4v) is 3.64. The number of aromatic nitrogens is 1. The minimum atomic E-state index is -0.731. The van der Waals surface area contributed by atoms with Gasteiger partial charge in [-0.3, -0.25) is 0 Å². The molecule has 0 aliphatic carbocycles. The highest BCUT2D eigenvalue weighted by atomic mass is 19.1. The van der Waals surface area contributed by atoms with Gasteiger partial charge in [-0.2, -0.15) is 4.39 Å². The maximum absolute atomic E-state index is 14.3. The van der Waals surface area contributed by atoms with Crippen molar-refractivity contribution in [2.24, 2.45) is 4.99 Å². The van der Waals surface area contributed by atoms with Gasteiger partial charge in [0, 0.05) is 37.8 Å². The fraction of sp³-hybridized carbons (Fsp3) is 0.182. The molecule has 1 N–H and O–H groups in total. The summed E-state index contributed by atoms with van der Waals surface area (Å²) < 4.78 is 34.0. The van der Waals surface area contributed by atoms with Gasteiger partial charge in [0.05, 0.1) is 11.8 Å². The molecule has 2 aromatic carbocycles. The number of benzene rings is 2. The van der Waals surface area contributed by atoms with Gasteiger partial charge in [0.2, 0.25) is 5.95 Å². The van der Waals surface area contributed by atoms with Gasteiger partial charge in [-0.05, 0) is 29.8 Å². The van der Waals surface area contributed by atoms with Crippen molar-refractivity contribution in [2.75, 3.05) is 26.2 Å². The van der Waals surface area contributed by atoms with E-state index in [1.807, 2.05) is 30.3 Å². The lowest BCUT2D eigenvalue weighted by molar-refractivity contribution is 0.357. The van der Waals surface area contributed by atoms with Gasteiger partial charge in [-0.15, -0.1) is 0 Å². The number of nitrogens with zero attached hydrogens (tertiary/aromatic N) is 3. The van der Waals surface area contributed by atoms with E-state index < -0.39 is 11.8 Å². The van der Waals surface area contributed by atoms with Crippen LogP contribution in [0.4, 0.5) is 14.5 Å². The van der Waals surface area contributed by atoms with Gasteiger partial charge in [-0.25, -0.2) is 14.4 Å². The summed E-state index contributed by atoms with van der Waals surface area (Å²) in [7, 11) is 0. The molecule has 7 heteroatoms. The maximum atomic E-state index is 14.3. The molecular weight excluding hydrogens is 374 g/mol. The third-order valence-electron chi connectivity index (χ3n) is 5.08. The molecule has 3 heterocycles. The number of hydrogen-bond acceptors (Lipinski definition) is 5. The SMILES string of the molecule is Fc1cc(-c2ccc3c(c2)Oc2ccccc2N=C3N2CCNCC2)c(F)cn1. The van der Waals surface area contributed by atoms with Crippen LogP contribution in [0.25, 0.3) is 11.1 Å². The Morgan fingerprint density at radius 3 is 2.62 bits per heavy atom. The highest BCUT2D eigenvalue weighted by molar-refractivity contribution is 6.04. The number of aliphatic imine (C=N–C) groups is 1. The minimum absolute atomic E-state index is 0.141. The van der Waals surface area contributed by atoms with Gasteiger partial charge in [0.15, 0.2) is 5.75 Å². The molecule has 1 saturated heterocycles. The molecule has 5 nitrogen and oxygen atoms in total. The van der Waals surface area contributed by atoms with Gasteiger partial charge in [-0.1, -0.05) is 18.2 Å². The van der Waals surface area contributed by atoms with Crippen LogP contribution in [-0.4, -0.2) is 41.9 Å². The second-order valence-corrected chi connectivity index (χ2v) is 6.94. The molecule has 0 radical (unpaired) electrons. The Bertz CT molecular complexity index is 1110. The number of pyridine rings is 1. The van der Waals surface area contributed by atoms with Gasteiger partial charge < -0.3 is 15.0 Å². The standard InChI is InChI=1S/C22H18F2N4O/c23-17-13-26-21(24)12-16(17)14-5-6-15-20(11-14)29-19-4-2-1-3-18(19)27-22(15)28-9-7-25-8-10-28/h1-6,11-13,25H,7-10H2. The number of halogens is 2. The van der Waals surface area contributed by atoms with Crippen molar-refractivity contribution in [2.45, 2.75) is 0 Å². The molecule has 0 amide bonds. The fourth-order valence-electron chi connectivity index (χ4n) is 3.64. The van der Waals surface area contributed by atoms with Crippen molar-refractivity contribution in [3.8, 4) is 22.6 Å². The molecule has 3 aromatic rings. The number of para-hydroxylation sites is 2. The molecule has 2 aliphatic rings. The third-order valence-corrected chi connectivity index (χ3v) is 5.08. The molecular formula is C22H18F2N4O. The average Bonchev–Trinajstić information content (AvgIpc) is 2.92. The summed E-state index contributed by atoms with van der Waals surface area (Å²) in [4.78, 5) is 10.5. The zero-order valence-corrected chi connectivity index (χ0v) is 15.5. The molecule has 146 valence electrons. The lowest BCUT2D eigenvalue weighted by atomic mass is 10.0. The van der Waals surface area contributed by atoms with E-state index in [0.717, 1.165) is 55.5 Å². The smallest absolute Gasteiger partial charge is 0.213 e. The van der Waals surface area contributed by atoms with Crippen LogP contribution in [0, 0.1) is 11.8 Å². The quantitative estimate of drug-likeness (QED) is 0.633. The predicted octanol–water partition coefficient (Wildman–Crippen LogP) is 4.12. The van der Waals surface area contributed by atoms with E-state index in [1.165, 1.54) is 0 Å². The summed E-state index contributed by atoms with van der Waals surface area (Å²) in [5, 5.41) is 3.34. The van der Waals surface area contributed by atoms with Crippen LogP contribution in [-0.2, 0) is 0 Å². The molecule has 0 spiro atoms. The summed E-state index contributed by atoms with van der Waals surface area (Å²) in [6, 6.07) is 14.0. The maximum Gasteiger partial charge on any atom is 0.213 e. The molecule has 29 heavy (non-hydrogen) atoms. The number of rotatable bonds is 1. The van der Waals surface area contributed by atoms with Gasteiger partial charge in [0.1, 0.15) is 23.1 Å². The van der Waals surface area contributed by atoms with Crippen LogP contribution in [0.5, 0.6) is 11.5 Å². The van der Waals surface area contributed by atoms with E-state index in [4.69, 9.17) is 9.73 Å². The van der Waals surface area contributed by atoms with E-state index in [2.05, 4.69) is 15.2 Å². The number of fused-ring (bicyclic) bond motifs is 2. The first-order valence-electron chi connectivity index (χ1n) is 9.46. The minimum Gasteiger partial charge on any atom is -0.454 e. The number of hydrogen-bond donors (Lipinski definition) is 1. The number of ether oxygens (including phenoxy) is 1.